The van der Waals surface area contributed by atoms with Crippen LogP contribution in [0.1, 0.15) is 45.1 Å². The molecule has 0 saturated carbocycles. The minimum Gasteiger partial charge on any atom is -0.481 e. The molecule has 1 aromatic rings. The van der Waals surface area contributed by atoms with E-state index in [-0.39, 0.29) is 11.9 Å². The number of rotatable bonds is 7. The van der Waals surface area contributed by atoms with Gasteiger partial charge >= 0.3 is 0 Å². The molecule has 0 bridgehead atoms. The van der Waals surface area contributed by atoms with Crippen LogP contribution >= 0.6 is 11.6 Å². The predicted molar refractivity (Wildman–Crippen MR) is 92.1 cm³/mol. The fourth-order valence-electron chi connectivity index (χ4n) is 2.73. The van der Waals surface area contributed by atoms with Gasteiger partial charge in [0.05, 0.1) is 6.10 Å². The molecule has 4 nitrogen and oxygen atoms in total. The summed E-state index contributed by atoms with van der Waals surface area (Å²) in [6.45, 7) is 6.57. The Bertz CT molecular complexity index is 529. The van der Waals surface area contributed by atoms with E-state index in [1.54, 1.807) is 19.1 Å². The zero-order chi connectivity index (χ0) is 16.8. The number of ether oxygens (including phenoxy) is 2. The van der Waals surface area contributed by atoms with Gasteiger partial charge in [0, 0.05) is 17.7 Å². The lowest BCUT2D eigenvalue weighted by molar-refractivity contribution is -0.128. The molecule has 128 valence electrons. The molecule has 0 spiro atoms. The fourth-order valence-corrected chi connectivity index (χ4v) is 2.96. The topological polar surface area (TPSA) is 47.6 Å². The van der Waals surface area contributed by atoms with Gasteiger partial charge in [0.2, 0.25) is 0 Å². The van der Waals surface area contributed by atoms with Gasteiger partial charge in [-0.25, -0.2) is 0 Å². The first-order chi connectivity index (χ1) is 11.0. The summed E-state index contributed by atoms with van der Waals surface area (Å²) in [5.74, 6) is 0.586. The van der Waals surface area contributed by atoms with Crippen molar-refractivity contribution in [2.45, 2.75) is 64.7 Å². The summed E-state index contributed by atoms with van der Waals surface area (Å²) in [4.78, 5) is 12.2. The Hall–Kier alpha value is -1.26. The molecule has 1 N–H and O–H groups in total. The largest absolute Gasteiger partial charge is 0.481 e. The van der Waals surface area contributed by atoms with Crippen molar-refractivity contribution in [1.29, 1.82) is 0 Å². The van der Waals surface area contributed by atoms with Crippen LogP contribution in [0, 0.1) is 6.92 Å². The smallest absolute Gasteiger partial charge is 0.260 e. The third-order valence-corrected chi connectivity index (χ3v) is 4.38. The molecular formula is C18H26ClNO3. The Balaban J connectivity index is 1.77. The van der Waals surface area contributed by atoms with Gasteiger partial charge in [-0.2, -0.15) is 0 Å². The molecule has 0 aliphatic carbocycles. The second kappa shape index (κ2) is 8.55. The van der Waals surface area contributed by atoms with Crippen LogP contribution in [0.25, 0.3) is 0 Å². The van der Waals surface area contributed by atoms with E-state index >= 15 is 0 Å². The molecule has 0 radical (unpaired) electrons. The van der Waals surface area contributed by atoms with Crippen molar-refractivity contribution < 1.29 is 14.3 Å². The second-order valence-corrected chi connectivity index (χ2v) is 6.73. The number of halogens is 1. The van der Waals surface area contributed by atoms with Gasteiger partial charge in [-0.05, 0) is 70.2 Å². The molecule has 2 rings (SSSR count). The second-order valence-electron chi connectivity index (χ2n) is 6.29. The number of hydrogen-bond donors (Lipinski definition) is 1. The molecule has 1 heterocycles. The molecule has 1 fully saturated rings. The minimum atomic E-state index is -0.542. The van der Waals surface area contributed by atoms with Crippen LogP contribution in [0.3, 0.4) is 0 Å². The first-order valence-electron chi connectivity index (χ1n) is 8.30. The first kappa shape index (κ1) is 18.1. The number of nitrogens with one attached hydrogen (secondary N) is 1. The van der Waals surface area contributed by atoms with Crippen molar-refractivity contribution in [2.75, 3.05) is 6.61 Å². The quantitative estimate of drug-likeness (QED) is 0.820. The Morgan fingerprint density at radius 3 is 2.91 bits per heavy atom. The summed E-state index contributed by atoms with van der Waals surface area (Å²) >= 11 is 5.93. The van der Waals surface area contributed by atoms with Crippen molar-refractivity contribution >= 4 is 17.5 Å². The van der Waals surface area contributed by atoms with Gasteiger partial charge in [0.1, 0.15) is 5.75 Å². The number of aryl methyl sites for hydroxylation is 1. The van der Waals surface area contributed by atoms with Crippen LogP contribution in [0.4, 0.5) is 0 Å². The van der Waals surface area contributed by atoms with Crippen LogP contribution in [0.15, 0.2) is 18.2 Å². The molecule has 5 heteroatoms. The van der Waals surface area contributed by atoms with Gasteiger partial charge in [0.25, 0.3) is 5.91 Å². The third kappa shape index (κ3) is 5.70. The molecule has 1 aromatic carbocycles. The summed E-state index contributed by atoms with van der Waals surface area (Å²) in [6.07, 6.45) is 4.02. The lowest BCUT2D eigenvalue weighted by atomic mass is 10.1. The van der Waals surface area contributed by atoms with Crippen LogP contribution < -0.4 is 10.1 Å². The summed E-state index contributed by atoms with van der Waals surface area (Å²) in [7, 11) is 0. The SMILES string of the molecule is Cc1cc(Cl)ccc1O[C@H](C)C(=O)N[C@@H](C)CC[C@H]1CCCO1. The third-order valence-electron chi connectivity index (χ3n) is 4.14. The van der Waals surface area contributed by atoms with E-state index in [0.29, 0.717) is 16.9 Å². The Labute approximate surface area is 143 Å². The van der Waals surface area contributed by atoms with E-state index in [4.69, 9.17) is 21.1 Å². The zero-order valence-corrected chi connectivity index (χ0v) is 14.9. The highest BCUT2D eigenvalue weighted by Crippen LogP contribution is 2.23. The zero-order valence-electron chi connectivity index (χ0n) is 14.1. The highest BCUT2D eigenvalue weighted by Gasteiger charge is 2.20. The summed E-state index contributed by atoms with van der Waals surface area (Å²) < 4.78 is 11.4. The Morgan fingerprint density at radius 1 is 1.48 bits per heavy atom. The number of carbonyl (C=O) groups is 1. The van der Waals surface area contributed by atoms with Crippen molar-refractivity contribution in [3.8, 4) is 5.75 Å². The number of carbonyl (C=O) groups excluding carboxylic acids is 1. The van der Waals surface area contributed by atoms with Gasteiger partial charge in [-0.15, -0.1) is 0 Å². The van der Waals surface area contributed by atoms with Crippen molar-refractivity contribution in [2.24, 2.45) is 0 Å². The number of benzene rings is 1. The maximum atomic E-state index is 12.2. The average molecular weight is 340 g/mol. The van der Waals surface area contributed by atoms with Crippen LogP contribution in [0.2, 0.25) is 5.02 Å². The van der Waals surface area contributed by atoms with Crippen LogP contribution in [-0.2, 0) is 9.53 Å². The minimum absolute atomic E-state index is 0.0980. The van der Waals surface area contributed by atoms with Gasteiger partial charge < -0.3 is 14.8 Å². The van der Waals surface area contributed by atoms with E-state index in [1.807, 2.05) is 19.9 Å². The van der Waals surface area contributed by atoms with Crippen molar-refractivity contribution in [3.05, 3.63) is 28.8 Å². The van der Waals surface area contributed by atoms with E-state index in [2.05, 4.69) is 5.32 Å². The monoisotopic (exact) mass is 339 g/mol. The summed E-state index contributed by atoms with van der Waals surface area (Å²) in [5.41, 5.74) is 0.920. The molecular weight excluding hydrogens is 314 g/mol. The first-order valence-corrected chi connectivity index (χ1v) is 8.68. The molecule has 0 aromatic heterocycles. The summed E-state index contributed by atoms with van der Waals surface area (Å²) in [5, 5.41) is 3.67. The average Bonchev–Trinajstić information content (AvgIpc) is 3.01. The number of amides is 1. The van der Waals surface area contributed by atoms with Gasteiger partial charge in [-0.1, -0.05) is 11.6 Å². The van der Waals surface area contributed by atoms with Crippen LogP contribution in [-0.4, -0.2) is 30.8 Å². The Kier molecular flexibility index (Phi) is 6.72. The van der Waals surface area contributed by atoms with E-state index < -0.39 is 6.10 Å². The van der Waals surface area contributed by atoms with E-state index in [9.17, 15) is 4.79 Å². The fraction of sp³-hybridized carbons (Fsp3) is 0.611. The molecule has 3 atom stereocenters. The molecule has 1 aliphatic heterocycles. The predicted octanol–water partition coefficient (Wildman–Crippen LogP) is 3.88. The van der Waals surface area contributed by atoms with Crippen molar-refractivity contribution in [1.82, 2.24) is 5.32 Å². The number of hydrogen-bond acceptors (Lipinski definition) is 3. The Morgan fingerprint density at radius 2 is 2.26 bits per heavy atom. The highest BCUT2D eigenvalue weighted by atomic mass is 35.5. The van der Waals surface area contributed by atoms with Gasteiger partial charge in [0.15, 0.2) is 6.10 Å². The lowest BCUT2D eigenvalue weighted by Gasteiger charge is -2.20. The molecule has 23 heavy (non-hydrogen) atoms. The van der Waals surface area contributed by atoms with Crippen molar-refractivity contribution in [3.63, 3.8) is 0 Å². The maximum absolute atomic E-state index is 12.2. The van der Waals surface area contributed by atoms with Gasteiger partial charge in [-0.3, -0.25) is 4.79 Å². The summed E-state index contributed by atoms with van der Waals surface area (Å²) in [6, 6.07) is 5.50. The van der Waals surface area contributed by atoms with Crippen LogP contribution in [0.5, 0.6) is 5.75 Å². The standard InChI is InChI=1S/C18H26ClNO3/c1-12-11-15(19)7-9-17(12)23-14(3)18(21)20-13(2)6-8-16-5-4-10-22-16/h7,9,11,13-14,16H,4-6,8,10H2,1-3H3,(H,20,21)/t13-,14+,16+/m0/s1. The highest BCUT2D eigenvalue weighted by molar-refractivity contribution is 6.30. The molecule has 1 saturated heterocycles. The molecule has 1 amide bonds. The maximum Gasteiger partial charge on any atom is 0.260 e. The lowest BCUT2D eigenvalue weighted by Crippen LogP contribution is -2.41. The normalized spacial score (nSPS) is 20.1. The van der Waals surface area contributed by atoms with E-state index in [1.165, 1.54) is 0 Å². The molecule has 1 aliphatic rings. The molecule has 0 unspecified atom stereocenters. The van der Waals surface area contributed by atoms with E-state index in [0.717, 1.165) is 37.9 Å².